The maximum atomic E-state index is 12.4. The second-order valence-electron chi connectivity index (χ2n) is 5.72. The van der Waals surface area contributed by atoms with Gasteiger partial charge in [-0.25, -0.2) is 13.1 Å². The number of rotatable bonds is 5. The molecule has 0 radical (unpaired) electrons. The second-order valence-corrected chi connectivity index (χ2v) is 7.42. The number of nitrogen functional groups attached to an aromatic ring is 1. The molecule has 1 aliphatic rings. The number of hydrogen-bond acceptors (Lipinski definition) is 4. The molecule has 0 aliphatic heterocycles. The number of benzene rings is 1. The van der Waals surface area contributed by atoms with E-state index in [2.05, 4.69) is 17.1 Å². The largest absolute Gasteiger partial charge is 0.324 e. The van der Waals surface area contributed by atoms with Crippen molar-refractivity contribution in [2.75, 3.05) is 12.0 Å². The van der Waals surface area contributed by atoms with Crippen molar-refractivity contribution in [1.29, 1.82) is 0 Å². The van der Waals surface area contributed by atoms with Crippen LogP contribution < -0.4 is 16.0 Å². The van der Waals surface area contributed by atoms with Gasteiger partial charge in [0.15, 0.2) is 0 Å². The highest BCUT2D eigenvalue weighted by Gasteiger charge is 2.38. The molecule has 0 atom stereocenters. The van der Waals surface area contributed by atoms with Gasteiger partial charge in [-0.15, -0.1) is 0 Å². The van der Waals surface area contributed by atoms with Crippen LogP contribution >= 0.6 is 0 Å². The molecule has 106 valence electrons. The van der Waals surface area contributed by atoms with Crippen molar-refractivity contribution in [2.24, 2.45) is 11.3 Å². The number of hydrazine groups is 1. The fraction of sp³-hybridized carbons (Fsp3) is 0.538. The van der Waals surface area contributed by atoms with E-state index in [0.29, 0.717) is 28.3 Å². The van der Waals surface area contributed by atoms with Crippen molar-refractivity contribution in [2.45, 2.75) is 38.5 Å². The van der Waals surface area contributed by atoms with Crippen LogP contribution in [0.2, 0.25) is 0 Å². The van der Waals surface area contributed by atoms with Crippen molar-refractivity contribution < 1.29 is 8.42 Å². The molecule has 0 amide bonds. The summed E-state index contributed by atoms with van der Waals surface area (Å²) in [5.41, 5.74) is 4.79. The van der Waals surface area contributed by atoms with Gasteiger partial charge in [-0.1, -0.05) is 6.92 Å². The third-order valence-corrected chi connectivity index (χ3v) is 5.39. The maximum absolute atomic E-state index is 12.4. The Morgan fingerprint density at radius 3 is 2.21 bits per heavy atom. The van der Waals surface area contributed by atoms with E-state index in [1.807, 2.05) is 0 Å². The number of aryl methyl sites for hydroxylation is 2. The van der Waals surface area contributed by atoms with Gasteiger partial charge in [0.2, 0.25) is 10.0 Å². The maximum Gasteiger partial charge on any atom is 0.241 e. The van der Waals surface area contributed by atoms with Crippen LogP contribution in [0.3, 0.4) is 0 Å². The molecule has 0 unspecified atom stereocenters. The van der Waals surface area contributed by atoms with Gasteiger partial charge in [0.25, 0.3) is 0 Å². The number of anilines is 1. The van der Waals surface area contributed by atoms with Crippen molar-refractivity contribution in [3.63, 3.8) is 0 Å². The molecule has 0 heterocycles. The van der Waals surface area contributed by atoms with Gasteiger partial charge in [0.05, 0.1) is 4.90 Å². The molecule has 0 saturated heterocycles. The summed E-state index contributed by atoms with van der Waals surface area (Å²) in [6.07, 6.45) is 2.17. The van der Waals surface area contributed by atoms with E-state index in [-0.39, 0.29) is 5.41 Å². The fourth-order valence-corrected chi connectivity index (χ4v) is 3.84. The highest BCUT2D eigenvalue weighted by Crippen LogP contribution is 2.44. The van der Waals surface area contributed by atoms with Gasteiger partial charge in [0.1, 0.15) is 0 Å². The first-order valence-corrected chi connectivity index (χ1v) is 7.83. The molecule has 0 spiro atoms. The lowest BCUT2D eigenvalue weighted by Gasteiger charge is -2.15. The molecule has 1 fully saturated rings. The zero-order valence-corrected chi connectivity index (χ0v) is 12.4. The van der Waals surface area contributed by atoms with Crippen LogP contribution in [0.4, 0.5) is 5.69 Å². The summed E-state index contributed by atoms with van der Waals surface area (Å²) in [5.74, 6) is 5.36. The Hall–Kier alpha value is -1.11. The quantitative estimate of drug-likeness (QED) is 0.567. The molecular weight excluding hydrogens is 262 g/mol. The van der Waals surface area contributed by atoms with Gasteiger partial charge in [-0.2, -0.15) is 0 Å². The summed E-state index contributed by atoms with van der Waals surface area (Å²) < 4.78 is 27.5. The Labute approximate surface area is 114 Å². The standard InChI is InChI=1S/C13H21N3O2S/c1-9-6-11(16-14)7-10(2)12(9)19(17,18)15-8-13(3)4-5-13/h6-7,15-16H,4-5,8,14H2,1-3H3. The van der Waals surface area contributed by atoms with Crippen LogP contribution in [0, 0.1) is 19.3 Å². The van der Waals surface area contributed by atoms with Gasteiger partial charge < -0.3 is 5.43 Å². The van der Waals surface area contributed by atoms with Gasteiger partial charge in [-0.05, 0) is 55.4 Å². The Morgan fingerprint density at radius 2 is 1.79 bits per heavy atom. The average molecular weight is 283 g/mol. The van der Waals surface area contributed by atoms with E-state index in [1.165, 1.54) is 0 Å². The van der Waals surface area contributed by atoms with Crippen LogP contribution in [-0.4, -0.2) is 15.0 Å². The minimum atomic E-state index is -3.46. The van der Waals surface area contributed by atoms with Crippen molar-refractivity contribution in [3.8, 4) is 0 Å². The monoisotopic (exact) mass is 283 g/mol. The van der Waals surface area contributed by atoms with Crippen molar-refractivity contribution in [1.82, 2.24) is 4.72 Å². The number of hydrogen-bond donors (Lipinski definition) is 3. The molecule has 1 aromatic carbocycles. The summed E-state index contributed by atoms with van der Waals surface area (Å²) in [6.45, 7) is 6.16. The molecular formula is C13H21N3O2S. The lowest BCUT2D eigenvalue weighted by molar-refractivity contribution is 0.530. The number of sulfonamides is 1. The molecule has 1 aliphatic carbocycles. The molecule has 19 heavy (non-hydrogen) atoms. The van der Waals surface area contributed by atoms with Gasteiger partial charge >= 0.3 is 0 Å². The summed E-state index contributed by atoms with van der Waals surface area (Å²) in [7, 11) is -3.46. The number of nitrogens with two attached hydrogens (primary N) is 1. The molecule has 4 N–H and O–H groups in total. The third-order valence-electron chi connectivity index (χ3n) is 3.69. The lowest BCUT2D eigenvalue weighted by atomic mass is 10.1. The van der Waals surface area contributed by atoms with Crippen LogP contribution in [0.25, 0.3) is 0 Å². The molecule has 6 heteroatoms. The number of nitrogens with one attached hydrogen (secondary N) is 2. The summed E-state index contributed by atoms with van der Waals surface area (Å²) in [4.78, 5) is 0.357. The Bertz CT molecular complexity index is 569. The molecule has 2 rings (SSSR count). The average Bonchev–Trinajstić information content (AvgIpc) is 3.04. The second kappa shape index (κ2) is 4.77. The lowest BCUT2D eigenvalue weighted by Crippen LogP contribution is -2.30. The van der Waals surface area contributed by atoms with E-state index < -0.39 is 10.0 Å². The Balaban J connectivity index is 2.29. The van der Waals surface area contributed by atoms with E-state index in [9.17, 15) is 8.42 Å². The van der Waals surface area contributed by atoms with Crippen LogP contribution in [0.5, 0.6) is 0 Å². The molecule has 1 saturated carbocycles. The zero-order valence-electron chi connectivity index (χ0n) is 11.6. The van der Waals surface area contributed by atoms with Crippen LogP contribution in [0.15, 0.2) is 17.0 Å². The highest BCUT2D eigenvalue weighted by atomic mass is 32.2. The van der Waals surface area contributed by atoms with E-state index in [1.54, 1.807) is 26.0 Å². The van der Waals surface area contributed by atoms with Gasteiger partial charge in [-0.3, -0.25) is 5.84 Å². The summed E-state index contributed by atoms with van der Waals surface area (Å²) >= 11 is 0. The first kappa shape index (κ1) is 14.3. The minimum absolute atomic E-state index is 0.146. The minimum Gasteiger partial charge on any atom is -0.324 e. The highest BCUT2D eigenvalue weighted by molar-refractivity contribution is 7.89. The summed E-state index contributed by atoms with van der Waals surface area (Å²) in [5, 5.41) is 0. The first-order chi connectivity index (χ1) is 8.77. The topological polar surface area (TPSA) is 84.2 Å². The first-order valence-electron chi connectivity index (χ1n) is 6.35. The normalized spacial score (nSPS) is 17.3. The molecule has 5 nitrogen and oxygen atoms in total. The SMILES string of the molecule is Cc1cc(NN)cc(C)c1S(=O)(=O)NCC1(C)CC1. The van der Waals surface area contributed by atoms with Crippen LogP contribution in [-0.2, 0) is 10.0 Å². The molecule has 0 aromatic heterocycles. The van der Waals surface area contributed by atoms with Crippen molar-refractivity contribution >= 4 is 15.7 Å². The Morgan fingerprint density at radius 1 is 1.26 bits per heavy atom. The van der Waals surface area contributed by atoms with E-state index >= 15 is 0 Å². The van der Waals surface area contributed by atoms with Crippen LogP contribution in [0.1, 0.15) is 30.9 Å². The molecule has 0 bridgehead atoms. The smallest absolute Gasteiger partial charge is 0.241 e. The zero-order chi connectivity index (χ0) is 14.3. The predicted octanol–water partition coefficient (Wildman–Crippen LogP) is 1.67. The third kappa shape index (κ3) is 3.08. The van der Waals surface area contributed by atoms with Crippen molar-refractivity contribution in [3.05, 3.63) is 23.3 Å². The van der Waals surface area contributed by atoms with Gasteiger partial charge in [0, 0.05) is 12.2 Å². The van der Waals surface area contributed by atoms with E-state index in [0.717, 1.165) is 12.8 Å². The molecule has 1 aromatic rings. The fourth-order valence-electron chi connectivity index (χ4n) is 2.19. The Kier molecular flexibility index (Phi) is 3.59. The summed E-state index contributed by atoms with van der Waals surface area (Å²) in [6, 6.07) is 3.47. The predicted molar refractivity (Wildman–Crippen MR) is 76.3 cm³/mol. The van der Waals surface area contributed by atoms with E-state index in [4.69, 9.17) is 5.84 Å².